The van der Waals surface area contributed by atoms with E-state index in [4.69, 9.17) is 5.73 Å². The van der Waals surface area contributed by atoms with Crippen molar-refractivity contribution in [3.8, 4) is 0 Å². The number of anilines is 1. The van der Waals surface area contributed by atoms with Crippen LogP contribution in [0.25, 0.3) is 10.9 Å². The van der Waals surface area contributed by atoms with Crippen LogP contribution in [-0.2, 0) is 0 Å². The average Bonchev–Trinajstić information content (AvgIpc) is 2.56. The maximum Gasteiger partial charge on any atom is 0.140 e. The number of fused-ring (bicyclic) bond motifs is 1. The molecule has 0 amide bonds. The highest BCUT2D eigenvalue weighted by molar-refractivity contribution is 5.89. The van der Waals surface area contributed by atoms with Gasteiger partial charge in [0.2, 0.25) is 0 Å². The van der Waals surface area contributed by atoms with Gasteiger partial charge in [-0.25, -0.2) is 9.97 Å². The van der Waals surface area contributed by atoms with Crippen LogP contribution in [0.15, 0.2) is 30.6 Å². The molecule has 0 bridgehead atoms. The Labute approximate surface area is 126 Å². The number of nitrogens with zero attached hydrogens (tertiary/aromatic N) is 3. The van der Waals surface area contributed by atoms with Crippen LogP contribution >= 0.6 is 0 Å². The maximum absolute atomic E-state index is 5.74. The molecule has 3 rings (SSSR count). The third kappa shape index (κ3) is 3.16. The third-order valence-corrected chi connectivity index (χ3v) is 4.41. The first-order valence-electron chi connectivity index (χ1n) is 8.06. The van der Waals surface area contributed by atoms with Crippen molar-refractivity contribution in [3.05, 3.63) is 30.6 Å². The van der Waals surface area contributed by atoms with Crippen LogP contribution in [0.4, 0.5) is 5.82 Å². The van der Waals surface area contributed by atoms with Crippen molar-refractivity contribution < 1.29 is 0 Å². The summed E-state index contributed by atoms with van der Waals surface area (Å²) in [7, 11) is 0. The average molecular weight is 284 g/mol. The van der Waals surface area contributed by atoms with Gasteiger partial charge in [-0.2, -0.15) is 0 Å². The fourth-order valence-corrected chi connectivity index (χ4v) is 3.34. The number of benzene rings is 1. The molecule has 1 aliphatic carbocycles. The molecule has 4 heteroatoms. The lowest BCUT2D eigenvalue weighted by Crippen LogP contribution is -2.39. The molecule has 1 heterocycles. The fraction of sp³-hybridized carbons (Fsp3) is 0.529. The Morgan fingerprint density at radius 2 is 1.90 bits per heavy atom. The first-order valence-corrected chi connectivity index (χ1v) is 8.06. The fourth-order valence-electron chi connectivity index (χ4n) is 3.34. The van der Waals surface area contributed by atoms with E-state index in [1.165, 1.54) is 32.1 Å². The summed E-state index contributed by atoms with van der Waals surface area (Å²) >= 11 is 0. The second-order valence-corrected chi connectivity index (χ2v) is 5.84. The Morgan fingerprint density at radius 1 is 1.10 bits per heavy atom. The van der Waals surface area contributed by atoms with Crippen LogP contribution < -0.4 is 10.6 Å². The molecule has 0 saturated heterocycles. The van der Waals surface area contributed by atoms with E-state index in [0.717, 1.165) is 36.2 Å². The van der Waals surface area contributed by atoms with Gasteiger partial charge in [-0.1, -0.05) is 31.4 Å². The Kier molecular flexibility index (Phi) is 4.65. The van der Waals surface area contributed by atoms with Crippen molar-refractivity contribution in [3.63, 3.8) is 0 Å². The van der Waals surface area contributed by atoms with Crippen LogP contribution in [0.2, 0.25) is 0 Å². The smallest absolute Gasteiger partial charge is 0.140 e. The molecule has 0 aliphatic heterocycles. The van der Waals surface area contributed by atoms with E-state index in [9.17, 15) is 0 Å². The Balaban J connectivity index is 1.96. The van der Waals surface area contributed by atoms with E-state index in [1.807, 2.05) is 6.07 Å². The molecule has 1 saturated carbocycles. The van der Waals surface area contributed by atoms with Gasteiger partial charge in [0.05, 0.1) is 5.52 Å². The summed E-state index contributed by atoms with van der Waals surface area (Å²) < 4.78 is 0. The monoisotopic (exact) mass is 284 g/mol. The molecular weight excluding hydrogens is 260 g/mol. The molecular formula is C17H24N4. The largest absolute Gasteiger partial charge is 0.353 e. The van der Waals surface area contributed by atoms with Crippen LogP contribution in [0.5, 0.6) is 0 Å². The molecule has 0 radical (unpaired) electrons. The van der Waals surface area contributed by atoms with Gasteiger partial charge >= 0.3 is 0 Å². The first kappa shape index (κ1) is 14.3. The first-order chi connectivity index (χ1) is 10.4. The highest BCUT2D eigenvalue weighted by Gasteiger charge is 2.23. The second kappa shape index (κ2) is 6.85. The number of rotatable bonds is 5. The van der Waals surface area contributed by atoms with Crippen molar-refractivity contribution >= 4 is 16.7 Å². The van der Waals surface area contributed by atoms with E-state index >= 15 is 0 Å². The van der Waals surface area contributed by atoms with Crippen LogP contribution in [-0.4, -0.2) is 29.1 Å². The van der Waals surface area contributed by atoms with Gasteiger partial charge in [-0.05, 0) is 37.9 Å². The predicted octanol–water partition coefficient (Wildman–Crippen LogP) is 3.12. The number of para-hydroxylation sites is 1. The van der Waals surface area contributed by atoms with Crippen LogP contribution in [0.1, 0.15) is 38.5 Å². The van der Waals surface area contributed by atoms with E-state index in [0.29, 0.717) is 6.04 Å². The molecule has 4 nitrogen and oxygen atoms in total. The molecule has 1 fully saturated rings. The predicted molar refractivity (Wildman–Crippen MR) is 87.4 cm³/mol. The van der Waals surface area contributed by atoms with Gasteiger partial charge in [0, 0.05) is 18.0 Å². The van der Waals surface area contributed by atoms with Gasteiger partial charge in [0.15, 0.2) is 0 Å². The van der Waals surface area contributed by atoms with Gasteiger partial charge < -0.3 is 10.6 Å². The minimum absolute atomic E-state index is 0.601. The lowest BCUT2D eigenvalue weighted by Gasteiger charge is -2.35. The summed E-state index contributed by atoms with van der Waals surface area (Å²) in [6.45, 7) is 1.72. The minimum Gasteiger partial charge on any atom is -0.353 e. The minimum atomic E-state index is 0.601. The summed E-state index contributed by atoms with van der Waals surface area (Å²) in [5.41, 5.74) is 6.76. The SMILES string of the molecule is NCCCN(c1ncnc2ccccc12)C1CCCCC1. The van der Waals surface area contributed by atoms with Crippen molar-refractivity contribution in [2.75, 3.05) is 18.0 Å². The molecule has 2 aromatic rings. The Morgan fingerprint density at radius 3 is 2.71 bits per heavy atom. The molecule has 0 atom stereocenters. The van der Waals surface area contributed by atoms with Gasteiger partial charge in [0.1, 0.15) is 12.1 Å². The molecule has 21 heavy (non-hydrogen) atoms. The summed E-state index contributed by atoms with van der Waals surface area (Å²) in [5.74, 6) is 1.08. The molecule has 0 unspecified atom stereocenters. The third-order valence-electron chi connectivity index (χ3n) is 4.41. The summed E-state index contributed by atoms with van der Waals surface area (Å²) in [4.78, 5) is 11.5. The number of hydrogen-bond donors (Lipinski definition) is 1. The van der Waals surface area contributed by atoms with Crippen molar-refractivity contribution in [2.24, 2.45) is 5.73 Å². The highest BCUT2D eigenvalue weighted by Crippen LogP contribution is 2.30. The summed E-state index contributed by atoms with van der Waals surface area (Å²) in [6, 6.07) is 8.88. The summed E-state index contributed by atoms with van der Waals surface area (Å²) in [5, 5.41) is 1.16. The zero-order chi connectivity index (χ0) is 14.5. The Bertz CT molecular complexity index is 573. The topological polar surface area (TPSA) is 55.0 Å². The zero-order valence-corrected chi connectivity index (χ0v) is 12.5. The van der Waals surface area contributed by atoms with E-state index in [1.54, 1.807) is 6.33 Å². The van der Waals surface area contributed by atoms with Crippen molar-refractivity contribution in [2.45, 2.75) is 44.6 Å². The standard InChI is InChI=1S/C17H24N4/c18-11-6-12-21(14-7-2-1-3-8-14)17-15-9-4-5-10-16(15)19-13-20-17/h4-5,9-10,13-14H,1-3,6-8,11-12,18H2. The van der Waals surface area contributed by atoms with Crippen molar-refractivity contribution in [1.82, 2.24) is 9.97 Å². The molecule has 1 aromatic carbocycles. The normalized spacial score (nSPS) is 16.2. The summed E-state index contributed by atoms with van der Waals surface area (Å²) in [6.07, 6.45) is 9.25. The highest BCUT2D eigenvalue weighted by atomic mass is 15.2. The second-order valence-electron chi connectivity index (χ2n) is 5.84. The molecule has 1 aliphatic rings. The van der Waals surface area contributed by atoms with Crippen molar-refractivity contribution in [1.29, 1.82) is 0 Å². The quantitative estimate of drug-likeness (QED) is 0.916. The number of nitrogens with two attached hydrogens (primary N) is 1. The van der Waals surface area contributed by atoms with E-state index in [2.05, 4.69) is 33.1 Å². The van der Waals surface area contributed by atoms with Gasteiger partial charge in [-0.3, -0.25) is 0 Å². The van der Waals surface area contributed by atoms with E-state index < -0.39 is 0 Å². The molecule has 2 N–H and O–H groups in total. The van der Waals surface area contributed by atoms with Gasteiger partial charge in [0.25, 0.3) is 0 Å². The molecule has 0 spiro atoms. The number of aromatic nitrogens is 2. The lowest BCUT2D eigenvalue weighted by molar-refractivity contribution is 0.411. The van der Waals surface area contributed by atoms with Gasteiger partial charge in [-0.15, -0.1) is 0 Å². The Hall–Kier alpha value is -1.68. The van der Waals surface area contributed by atoms with Crippen LogP contribution in [0, 0.1) is 0 Å². The maximum atomic E-state index is 5.74. The lowest BCUT2D eigenvalue weighted by atomic mass is 9.94. The number of hydrogen-bond acceptors (Lipinski definition) is 4. The zero-order valence-electron chi connectivity index (χ0n) is 12.5. The van der Waals surface area contributed by atoms with Crippen LogP contribution in [0.3, 0.4) is 0 Å². The molecule has 1 aromatic heterocycles. The molecule has 112 valence electrons. The van der Waals surface area contributed by atoms with E-state index in [-0.39, 0.29) is 0 Å².